The van der Waals surface area contributed by atoms with Crippen molar-refractivity contribution in [3.8, 4) is 0 Å². The largest absolute Gasteiger partial charge is 0.356 e. The first-order valence-corrected chi connectivity index (χ1v) is 10.3. The molecule has 1 atom stereocenters. The molecule has 0 spiro atoms. The topological polar surface area (TPSA) is 49.4 Å². The van der Waals surface area contributed by atoms with Crippen molar-refractivity contribution in [3.63, 3.8) is 0 Å². The lowest BCUT2D eigenvalue weighted by Crippen LogP contribution is -2.36. The van der Waals surface area contributed by atoms with Gasteiger partial charge in [0.2, 0.25) is 11.8 Å². The van der Waals surface area contributed by atoms with Crippen LogP contribution >= 0.6 is 0 Å². The number of likely N-dealkylation sites (tertiary alicyclic amines) is 1. The fourth-order valence-corrected chi connectivity index (χ4v) is 3.69. The Balaban J connectivity index is 1.63. The van der Waals surface area contributed by atoms with Crippen molar-refractivity contribution < 1.29 is 9.59 Å². The highest BCUT2D eigenvalue weighted by molar-refractivity contribution is 5.77. The van der Waals surface area contributed by atoms with E-state index in [9.17, 15) is 9.59 Å². The summed E-state index contributed by atoms with van der Waals surface area (Å²) in [5.41, 5.74) is 1.24. The lowest BCUT2D eigenvalue weighted by molar-refractivity contribution is -0.132. The fourth-order valence-electron chi connectivity index (χ4n) is 3.69. The van der Waals surface area contributed by atoms with Crippen molar-refractivity contribution in [2.75, 3.05) is 13.1 Å². The van der Waals surface area contributed by atoms with Crippen molar-refractivity contribution in [2.24, 2.45) is 0 Å². The molecule has 1 fully saturated rings. The number of unbranched alkanes of at least 4 members (excludes halogenated alkanes) is 3. The van der Waals surface area contributed by atoms with Crippen LogP contribution in [0.15, 0.2) is 30.3 Å². The van der Waals surface area contributed by atoms with Gasteiger partial charge in [0.25, 0.3) is 0 Å². The van der Waals surface area contributed by atoms with Crippen LogP contribution in [-0.4, -0.2) is 35.8 Å². The zero-order valence-electron chi connectivity index (χ0n) is 16.2. The van der Waals surface area contributed by atoms with Gasteiger partial charge < -0.3 is 10.2 Å². The van der Waals surface area contributed by atoms with E-state index in [-0.39, 0.29) is 17.9 Å². The smallest absolute Gasteiger partial charge is 0.222 e. The van der Waals surface area contributed by atoms with Crippen LogP contribution in [0.3, 0.4) is 0 Å². The van der Waals surface area contributed by atoms with Gasteiger partial charge in [-0.2, -0.15) is 0 Å². The molecule has 2 rings (SSSR count). The Morgan fingerprint density at radius 2 is 1.92 bits per heavy atom. The molecule has 1 unspecified atom stereocenters. The van der Waals surface area contributed by atoms with Gasteiger partial charge in [-0.15, -0.1) is 0 Å². The van der Waals surface area contributed by atoms with Crippen LogP contribution in [0.1, 0.15) is 70.3 Å². The number of hydrogen-bond acceptors (Lipinski definition) is 2. The maximum atomic E-state index is 12.4. The van der Waals surface area contributed by atoms with Crippen molar-refractivity contribution >= 4 is 11.8 Å². The molecule has 1 aliphatic heterocycles. The molecule has 0 aromatic heterocycles. The van der Waals surface area contributed by atoms with Crippen LogP contribution in [0.2, 0.25) is 0 Å². The summed E-state index contributed by atoms with van der Waals surface area (Å²) in [5, 5.41) is 3.01. The number of nitrogens with one attached hydrogen (secondary N) is 1. The molecule has 4 heteroatoms. The predicted molar refractivity (Wildman–Crippen MR) is 106 cm³/mol. The molecule has 0 bridgehead atoms. The minimum Gasteiger partial charge on any atom is -0.356 e. The van der Waals surface area contributed by atoms with E-state index in [1.165, 1.54) is 18.4 Å². The summed E-state index contributed by atoms with van der Waals surface area (Å²) in [7, 11) is 0. The normalized spacial score (nSPS) is 16.7. The number of nitrogens with zero attached hydrogens (tertiary/aromatic N) is 1. The van der Waals surface area contributed by atoms with Gasteiger partial charge in [0.05, 0.1) is 0 Å². The lowest BCUT2D eigenvalue weighted by atomic mass is 10.1. The molecule has 1 aromatic carbocycles. The second-order valence-electron chi connectivity index (χ2n) is 7.32. The maximum Gasteiger partial charge on any atom is 0.222 e. The zero-order valence-corrected chi connectivity index (χ0v) is 16.2. The molecule has 0 radical (unpaired) electrons. The van der Waals surface area contributed by atoms with Crippen molar-refractivity contribution in [2.45, 2.75) is 77.2 Å². The third kappa shape index (κ3) is 7.19. The Labute approximate surface area is 158 Å². The average molecular weight is 359 g/mol. The van der Waals surface area contributed by atoms with Gasteiger partial charge >= 0.3 is 0 Å². The summed E-state index contributed by atoms with van der Waals surface area (Å²) in [6, 6.07) is 10.5. The van der Waals surface area contributed by atoms with Gasteiger partial charge in [-0.05, 0) is 37.7 Å². The van der Waals surface area contributed by atoms with E-state index < -0.39 is 0 Å². The highest BCUT2D eigenvalue weighted by atomic mass is 16.2. The fraction of sp³-hybridized carbons (Fsp3) is 0.636. The number of rotatable bonds is 11. The number of carbonyl (C=O) groups excluding carboxylic acids is 2. The molecular formula is C22H34N2O2. The van der Waals surface area contributed by atoms with Crippen LogP contribution < -0.4 is 5.32 Å². The first-order valence-electron chi connectivity index (χ1n) is 10.3. The molecule has 1 saturated heterocycles. The van der Waals surface area contributed by atoms with Gasteiger partial charge in [0.1, 0.15) is 0 Å². The van der Waals surface area contributed by atoms with E-state index in [4.69, 9.17) is 0 Å². The number of amides is 2. The molecule has 4 nitrogen and oxygen atoms in total. The van der Waals surface area contributed by atoms with Crippen LogP contribution in [0.4, 0.5) is 0 Å². The standard InChI is InChI=1S/C22H34N2O2/c1-2-3-4-8-13-22(26)24-18-9-12-20(24)14-15-21(25)23-17-16-19-10-6-5-7-11-19/h5-7,10-11,20H,2-4,8-9,12-18H2,1H3,(H,23,25). The first kappa shape index (κ1) is 20.5. The Hall–Kier alpha value is -1.84. The average Bonchev–Trinajstić information content (AvgIpc) is 3.13. The van der Waals surface area contributed by atoms with E-state index >= 15 is 0 Å². The Morgan fingerprint density at radius 1 is 1.12 bits per heavy atom. The van der Waals surface area contributed by atoms with Gasteiger partial charge in [-0.3, -0.25) is 9.59 Å². The molecule has 1 heterocycles. The van der Waals surface area contributed by atoms with Crippen LogP contribution in [0.25, 0.3) is 0 Å². The first-order chi connectivity index (χ1) is 12.7. The number of benzene rings is 1. The quantitative estimate of drug-likeness (QED) is 0.606. The summed E-state index contributed by atoms with van der Waals surface area (Å²) in [6.45, 7) is 3.73. The summed E-state index contributed by atoms with van der Waals surface area (Å²) < 4.78 is 0. The highest BCUT2D eigenvalue weighted by Crippen LogP contribution is 2.23. The summed E-state index contributed by atoms with van der Waals surface area (Å²) in [4.78, 5) is 26.5. The van der Waals surface area contributed by atoms with E-state index in [0.717, 1.165) is 45.1 Å². The monoisotopic (exact) mass is 358 g/mol. The van der Waals surface area contributed by atoms with Crippen molar-refractivity contribution in [1.29, 1.82) is 0 Å². The second-order valence-corrected chi connectivity index (χ2v) is 7.32. The molecular weight excluding hydrogens is 324 g/mol. The molecule has 0 aliphatic carbocycles. The summed E-state index contributed by atoms with van der Waals surface area (Å²) in [6.07, 6.45) is 9.48. The molecule has 26 heavy (non-hydrogen) atoms. The highest BCUT2D eigenvalue weighted by Gasteiger charge is 2.28. The third-order valence-corrected chi connectivity index (χ3v) is 5.22. The second kappa shape index (κ2) is 11.7. The van der Waals surface area contributed by atoms with Crippen LogP contribution in [-0.2, 0) is 16.0 Å². The Kier molecular flexibility index (Phi) is 9.22. The molecule has 1 N–H and O–H groups in total. The molecule has 0 saturated carbocycles. The minimum atomic E-state index is 0.100. The number of hydrogen-bond donors (Lipinski definition) is 1. The van der Waals surface area contributed by atoms with E-state index in [1.54, 1.807) is 0 Å². The van der Waals surface area contributed by atoms with Crippen molar-refractivity contribution in [1.82, 2.24) is 10.2 Å². The SMILES string of the molecule is CCCCCCC(=O)N1CCCC1CCC(=O)NCCc1ccccc1. The zero-order chi connectivity index (χ0) is 18.6. The maximum absolute atomic E-state index is 12.4. The third-order valence-electron chi connectivity index (χ3n) is 5.22. The van der Waals surface area contributed by atoms with Gasteiger partial charge in [0.15, 0.2) is 0 Å². The molecule has 2 amide bonds. The summed E-state index contributed by atoms with van der Waals surface area (Å²) >= 11 is 0. The van der Waals surface area contributed by atoms with E-state index in [2.05, 4.69) is 24.4 Å². The van der Waals surface area contributed by atoms with Crippen LogP contribution in [0, 0.1) is 0 Å². The van der Waals surface area contributed by atoms with Crippen LogP contribution in [0.5, 0.6) is 0 Å². The van der Waals surface area contributed by atoms with E-state index in [1.807, 2.05) is 23.1 Å². The Morgan fingerprint density at radius 3 is 2.69 bits per heavy atom. The molecule has 144 valence electrons. The lowest BCUT2D eigenvalue weighted by Gasteiger charge is -2.24. The predicted octanol–water partition coefficient (Wildman–Crippen LogP) is 4.09. The van der Waals surface area contributed by atoms with E-state index in [0.29, 0.717) is 19.4 Å². The summed E-state index contributed by atoms with van der Waals surface area (Å²) in [5.74, 6) is 0.385. The van der Waals surface area contributed by atoms with Gasteiger partial charge in [0, 0.05) is 32.0 Å². The number of carbonyl (C=O) groups is 2. The Bertz CT molecular complexity index is 544. The molecule has 1 aromatic rings. The molecule has 1 aliphatic rings. The van der Waals surface area contributed by atoms with Gasteiger partial charge in [-0.1, -0.05) is 56.5 Å². The minimum absolute atomic E-state index is 0.100. The van der Waals surface area contributed by atoms with Gasteiger partial charge in [-0.25, -0.2) is 0 Å². The van der Waals surface area contributed by atoms with Crippen molar-refractivity contribution in [3.05, 3.63) is 35.9 Å².